The van der Waals surface area contributed by atoms with Crippen molar-refractivity contribution in [2.75, 3.05) is 12.4 Å². The average Bonchev–Trinajstić information content (AvgIpc) is 2.32. The first-order valence-electron chi connectivity index (χ1n) is 5.88. The van der Waals surface area contributed by atoms with Gasteiger partial charge in [-0.25, -0.2) is 0 Å². The third-order valence-corrected chi connectivity index (χ3v) is 2.80. The first kappa shape index (κ1) is 16.1. The molecule has 1 aromatic rings. The molecule has 0 radical (unpaired) electrons. The number of rotatable bonds is 7. The number of nitrogens with one attached hydrogen (secondary N) is 1. The highest BCUT2D eigenvalue weighted by Crippen LogP contribution is 2.29. The lowest BCUT2D eigenvalue weighted by Crippen LogP contribution is -2.22. The van der Waals surface area contributed by atoms with Crippen LogP contribution in [0.1, 0.15) is 19.5 Å². The lowest BCUT2D eigenvalue weighted by molar-refractivity contribution is -0.0329. The van der Waals surface area contributed by atoms with Crippen LogP contribution in [0, 0.1) is 0 Å². The SMILES string of the molecule is CC(C)NCc1ccc(OCCSC(F)(F)F)cn1. The predicted octanol–water partition coefficient (Wildman–Crippen LogP) is 3.21. The lowest BCUT2D eigenvalue weighted by atomic mass is 10.3. The maximum absolute atomic E-state index is 11.9. The van der Waals surface area contributed by atoms with Crippen molar-refractivity contribution >= 4 is 11.8 Å². The normalized spacial score (nSPS) is 11.9. The molecule has 1 rings (SSSR count). The summed E-state index contributed by atoms with van der Waals surface area (Å²) in [5.41, 5.74) is -3.33. The number of aromatic nitrogens is 1. The van der Waals surface area contributed by atoms with Gasteiger partial charge < -0.3 is 10.1 Å². The van der Waals surface area contributed by atoms with Crippen molar-refractivity contribution in [1.29, 1.82) is 0 Å². The van der Waals surface area contributed by atoms with Crippen molar-refractivity contribution in [3.63, 3.8) is 0 Å². The van der Waals surface area contributed by atoms with Gasteiger partial charge in [-0.1, -0.05) is 13.8 Å². The van der Waals surface area contributed by atoms with Crippen LogP contribution >= 0.6 is 11.8 Å². The van der Waals surface area contributed by atoms with E-state index in [0.29, 0.717) is 18.3 Å². The number of hydrogen-bond donors (Lipinski definition) is 1. The fourth-order valence-corrected chi connectivity index (χ4v) is 1.62. The number of ether oxygens (including phenoxy) is 1. The molecular formula is C12H17F3N2OS. The van der Waals surface area contributed by atoms with Gasteiger partial charge in [0.05, 0.1) is 18.5 Å². The Morgan fingerprint density at radius 3 is 2.63 bits per heavy atom. The quantitative estimate of drug-likeness (QED) is 0.783. The Balaban J connectivity index is 2.28. The third-order valence-electron chi connectivity index (χ3n) is 2.11. The number of pyridine rings is 1. The van der Waals surface area contributed by atoms with Gasteiger partial charge in [-0.15, -0.1) is 0 Å². The maximum Gasteiger partial charge on any atom is 0.441 e. The Morgan fingerprint density at radius 1 is 1.37 bits per heavy atom. The molecule has 0 fully saturated rings. The molecule has 7 heteroatoms. The largest absolute Gasteiger partial charge is 0.491 e. The molecule has 1 heterocycles. The molecule has 0 atom stereocenters. The Labute approximate surface area is 114 Å². The van der Waals surface area contributed by atoms with E-state index in [1.54, 1.807) is 12.1 Å². The first-order chi connectivity index (χ1) is 8.87. The van der Waals surface area contributed by atoms with E-state index < -0.39 is 5.51 Å². The van der Waals surface area contributed by atoms with Crippen molar-refractivity contribution < 1.29 is 17.9 Å². The molecule has 0 amide bonds. The van der Waals surface area contributed by atoms with Gasteiger partial charge in [-0.3, -0.25) is 4.98 Å². The molecule has 3 nitrogen and oxygen atoms in total. The second-order valence-electron chi connectivity index (χ2n) is 4.16. The maximum atomic E-state index is 11.9. The summed E-state index contributed by atoms with van der Waals surface area (Å²) in [4.78, 5) is 4.16. The van der Waals surface area contributed by atoms with Crippen LogP contribution in [-0.2, 0) is 6.54 Å². The van der Waals surface area contributed by atoms with Crippen molar-refractivity contribution in [3.8, 4) is 5.75 Å². The zero-order valence-electron chi connectivity index (χ0n) is 10.8. The van der Waals surface area contributed by atoms with E-state index in [9.17, 15) is 13.2 Å². The van der Waals surface area contributed by atoms with Crippen molar-refractivity contribution in [3.05, 3.63) is 24.0 Å². The molecule has 1 N–H and O–H groups in total. The van der Waals surface area contributed by atoms with Gasteiger partial charge in [0.2, 0.25) is 0 Å². The second kappa shape index (κ2) is 7.59. The molecule has 0 bridgehead atoms. The van der Waals surface area contributed by atoms with Gasteiger partial charge >= 0.3 is 5.51 Å². The summed E-state index contributed by atoms with van der Waals surface area (Å²) in [6, 6.07) is 3.88. The molecule has 0 aromatic carbocycles. The Hall–Kier alpha value is -0.950. The summed E-state index contributed by atoms with van der Waals surface area (Å²) >= 11 is -0.0881. The van der Waals surface area contributed by atoms with E-state index in [4.69, 9.17) is 4.74 Å². The molecule has 108 valence electrons. The van der Waals surface area contributed by atoms with Crippen LogP contribution in [-0.4, -0.2) is 28.9 Å². The van der Waals surface area contributed by atoms with Crippen molar-refractivity contribution in [2.24, 2.45) is 0 Å². The van der Waals surface area contributed by atoms with Crippen LogP contribution in [0.3, 0.4) is 0 Å². The van der Waals surface area contributed by atoms with Crippen LogP contribution in [0.25, 0.3) is 0 Å². The molecular weight excluding hydrogens is 277 g/mol. The van der Waals surface area contributed by atoms with E-state index in [1.165, 1.54) is 6.20 Å². The average molecular weight is 294 g/mol. The van der Waals surface area contributed by atoms with Gasteiger partial charge in [-0.2, -0.15) is 13.2 Å². The number of nitrogens with zero attached hydrogens (tertiary/aromatic N) is 1. The van der Waals surface area contributed by atoms with E-state index >= 15 is 0 Å². The van der Waals surface area contributed by atoms with Gasteiger partial charge in [0.15, 0.2) is 0 Å². The van der Waals surface area contributed by atoms with Crippen LogP contribution < -0.4 is 10.1 Å². The van der Waals surface area contributed by atoms with E-state index in [0.717, 1.165) is 5.69 Å². The molecule has 0 saturated carbocycles. The van der Waals surface area contributed by atoms with E-state index in [-0.39, 0.29) is 24.1 Å². The molecule has 19 heavy (non-hydrogen) atoms. The van der Waals surface area contributed by atoms with E-state index in [1.807, 2.05) is 13.8 Å². The summed E-state index contributed by atoms with van der Waals surface area (Å²) in [6.45, 7) is 4.74. The molecule has 0 saturated heterocycles. The van der Waals surface area contributed by atoms with Crippen molar-refractivity contribution in [2.45, 2.75) is 31.9 Å². The molecule has 0 aliphatic heterocycles. The fraction of sp³-hybridized carbons (Fsp3) is 0.583. The van der Waals surface area contributed by atoms with Gasteiger partial charge in [0, 0.05) is 18.3 Å². The smallest absolute Gasteiger partial charge is 0.441 e. The van der Waals surface area contributed by atoms with Gasteiger partial charge in [-0.05, 0) is 23.9 Å². The number of halogens is 3. The van der Waals surface area contributed by atoms with Crippen LogP contribution in [0.5, 0.6) is 5.75 Å². The standard InChI is InChI=1S/C12H17F3N2OS/c1-9(2)16-7-10-3-4-11(8-17-10)18-5-6-19-12(13,14)15/h3-4,8-9,16H,5-7H2,1-2H3. The zero-order valence-corrected chi connectivity index (χ0v) is 11.6. The summed E-state index contributed by atoms with van der Waals surface area (Å²) in [5.74, 6) is 0.358. The molecule has 0 aliphatic carbocycles. The highest BCUT2D eigenvalue weighted by molar-refractivity contribution is 8.00. The fourth-order valence-electron chi connectivity index (χ4n) is 1.23. The Kier molecular flexibility index (Phi) is 6.44. The highest BCUT2D eigenvalue weighted by Gasteiger charge is 2.27. The monoisotopic (exact) mass is 294 g/mol. The number of alkyl halides is 3. The van der Waals surface area contributed by atoms with Crippen LogP contribution in [0.15, 0.2) is 18.3 Å². The third kappa shape index (κ3) is 7.94. The topological polar surface area (TPSA) is 34.1 Å². The summed E-state index contributed by atoms with van der Waals surface area (Å²) in [5, 5.41) is 3.22. The second-order valence-corrected chi connectivity index (χ2v) is 5.32. The number of hydrogen-bond acceptors (Lipinski definition) is 4. The van der Waals surface area contributed by atoms with Gasteiger partial charge in [0.1, 0.15) is 5.75 Å². The minimum atomic E-state index is -4.20. The zero-order chi connectivity index (χ0) is 14.3. The predicted molar refractivity (Wildman–Crippen MR) is 70.2 cm³/mol. The van der Waals surface area contributed by atoms with E-state index in [2.05, 4.69) is 10.3 Å². The Morgan fingerprint density at radius 2 is 2.11 bits per heavy atom. The Bertz CT molecular complexity index is 368. The summed E-state index contributed by atoms with van der Waals surface area (Å²) in [7, 11) is 0. The molecule has 0 unspecified atom stereocenters. The summed E-state index contributed by atoms with van der Waals surface area (Å²) < 4.78 is 40.8. The first-order valence-corrected chi connectivity index (χ1v) is 6.87. The van der Waals surface area contributed by atoms with Gasteiger partial charge in [0.25, 0.3) is 0 Å². The molecule has 0 aliphatic rings. The minimum absolute atomic E-state index is 0.00937. The lowest BCUT2D eigenvalue weighted by Gasteiger charge is -2.09. The van der Waals surface area contributed by atoms with Crippen molar-refractivity contribution in [1.82, 2.24) is 10.3 Å². The minimum Gasteiger partial charge on any atom is -0.491 e. The summed E-state index contributed by atoms with van der Waals surface area (Å²) in [6.07, 6.45) is 1.52. The molecule has 0 spiro atoms. The number of thioether (sulfide) groups is 1. The van der Waals surface area contributed by atoms with Crippen LogP contribution in [0.2, 0.25) is 0 Å². The molecule has 1 aromatic heterocycles. The van der Waals surface area contributed by atoms with Crippen LogP contribution in [0.4, 0.5) is 13.2 Å². The highest BCUT2D eigenvalue weighted by atomic mass is 32.2.